The molecule has 192 valence electrons. The molecule has 7 heteroatoms. The number of benzene rings is 3. The van der Waals surface area contributed by atoms with Crippen LogP contribution in [0.5, 0.6) is 5.75 Å². The third-order valence-electron chi connectivity index (χ3n) is 7.36. The maximum absolute atomic E-state index is 15.4. The largest absolute Gasteiger partial charge is 0.496 e. The number of rotatable bonds is 7. The van der Waals surface area contributed by atoms with Gasteiger partial charge in [-0.15, -0.1) is 0 Å². The molecule has 0 saturated carbocycles. The maximum atomic E-state index is 15.4. The molecule has 1 aliphatic rings. The van der Waals surface area contributed by atoms with Crippen molar-refractivity contribution in [2.75, 3.05) is 13.8 Å². The van der Waals surface area contributed by atoms with Crippen LogP contribution in [-0.4, -0.2) is 23.3 Å². The third-order valence-corrected chi connectivity index (χ3v) is 8.33. The predicted molar refractivity (Wildman–Crippen MR) is 142 cm³/mol. The fourth-order valence-corrected chi connectivity index (χ4v) is 6.44. The minimum absolute atomic E-state index is 0.262. The first-order valence-corrected chi connectivity index (χ1v) is 13.3. The Labute approximate surface area is 219 Å². The summed E-state index contributed by atoms with van der Waals surface area (Å²) in [6.45, 7) is 3.23. The van der Waals surface area contributed by atoms with Crippen molar-refractivity contribution in [3.8, 4) is 11.4 Å². The molecule has 1 aliphatic carbocycles. The summed E-state index contributed by atoms with van der Waals surface area (Å²) in [5, 5.41) is 0.637. The first-order valence-electron chi connectivity index (χ1n) is 12.3. The quantitative estimate of drug-likeness (QED) is 0.233. The highest BCUT2D eigenvalue weighted by Crippen LogP contribution is 2.47. The molecule has 0 N–H and O–H groups in total. The van der Waals surface area contributed by atoms with Gasteiger partial charge >= 0.3 is 0 Å². The molecule has 0 spiro atoms. The molecule has 1 atom stereocenters. The lowest BCUT2D eigenvalue weighted by molar-refractivity contribution is 0.301. The molecule has 0 saturated heterocycles. The number of fused-ring (bicyclic) bond motifs is 1. The first kappa shape index (κ1) is 25.5. The Kier molecular flexibility index (Phi) is 7.08. The highest BCUT2D eigenvalue weighted by molar-refractivity contribution is 7.98. The van der Waals surface area contributed by atoms with E-state index in [9.17, 15) is 8.78 Å². The van der Waals surface area contributed by atoms with Crippen molar-refractivity contribution < 1.29 is 17.9 Å². The zero-order valence-corrected chi connectivity index (χ0v) is 22.0. The Morgan fingerprint density at radius 1 is 1.03 bits per heavy atom. The second-order valence-electron chi connectivity index (χ2n) is 9.58. The van der Waals surface area contributed by atoms with Crippen LogP contribution in [0.15, 0.2) is 65.8 Å². The SMILES string of the molecule is COc1cc(C2(CF)CCCc3nc(SCc4c(C)cccc4F)n(-c4ccc(F)cc4)c32)ccc1C. The first-order chi connectivity index (χ1) is 17.9. The lowest BCUT2D eigenvalue weighted by Gasteiger charge is -2.37. The summed E-state index contributed by atoms with van der Waals surface area (Å²) < 4.78 is 51.4. The van der Waals surface area contributed by atoms with Gasteiger partial charge in [0.15, 0.2) is 5.16 Å². The zero-order chi connectivity index (χ0) is 26.2. The minimum Gasteiger partial charge on any atom is -0.496 e. The van der Waals surface area contributed by atoms with Crippen LogP contribution in [0.1, 0.15) is 46.5 Å². The molecule has 37 heavy (non-hydrogen) atoms. The fourth-order valence-electron chi connectivity index (χ4n) is 5.30. The Balaban J connectivity index is 1.70. The Morgan fingerprint density at radius 3 is 2.51 bits per heavy atom. The molecule has 4 aromatic rings. The topological polar surface area (TPSA) is 27.1 Å². The lowest BCUT2D eigenvalue weighted by atomic mass is 9.70. The number of hydrogen-bond acceptors (Lipinski definition) is 3. The zero-order valence-electron chi connectivity index (χ0n) is 21.2. The number of imidazole rings is 1. The molecule has 0 aliphatic heterocycles. The van der Waals surface area contributed by atoms with Crippen molar-refractivity contribution in [2.45, 2.75) is 49.4 Å². The van der Waals surface area contributed by atoms with Crippen molar-refractivity contribution in [3.63, 3.8) is 0 Å². The van der Waals surface area contributed by atoms with Crippen LogP contribution in [0.2, 0.25) is 0 Å². The molecular formula is C30H29F3N2OS. The van der Waals surface area contributed by atoms with Gasteiger partial charge in [-0.05, 0) is 86.2 Å². The van der Waals surface area contributed by atoms with Crippen LogP contribution in [0.25, 0.3) is 5.69 Å². The monoisotopic (exact) mass is 522 g/mol. The van der Waals surface area contributed by atoms with Gasteiger partial charge in [0.2, 0.25) is 0 Å². The highest BCUT2D eigenvalue weighted by atomic mass is 32.2. The standard InChI is InChI=1S/C30H29F3N2OS/c1-19-6-4-7-25(33)24(19)17-37-29-34-26-8-5-15-30(18-31,21-10-9-20(2)27(16-21)36-3)28(26)35(29)23-13-11-22(32)12-14-23/h4,6-7,9-14,16H,5,8,15,17-18H2,1-3H3. The number of ether oxygens (including phenoxy) is 1. The van der Waals surface area contributed by atoms with Crippen molar-refractivity contribution in [2.24, 2.45) is 0 Å². The average molecular weight is 523 g/mol. The van der Waals surface area contributed by atoms with Gasteiger partial charge in [-0.1, -0.05) is 36.0 Å². The number of aromatic nitrogens is 2. The van der Waals surface area contributed by atoms with Crippen LogP contribution >= 0.6 is 11.8 Å². The van der Waals surface area contributed by atoms with E-state index in [1.165, 1.54) is 30.0 Å². The Morgan fingerprint density at radius 2 is 1.81 bits per heavy atom. The van der Waals surface area contributed by atoms with E-state index in [0.29, 0.717) is 40.8 Å². The maximum Gasteiger partial charge on any atom is 0.173 e. The molecule has 1 unspecified atom stereocenters. The average Bonchev–Trinajstić information content (AvgIpc) is 3.28. The van der Waals surface area contributed by atoms with E-state index in [2.05, 4.69) is 0 Å². The van der Waals surface area contributed by atoms with Gasteiger partial charge in [-0.25, -0.2) is 18.2 Å². The van der Waals surface area contributed by atoms with Gasteiger partial charge < -0.3 is 4.74 Å². The van der Waals surface area contributed by atoms with Crippen LogP contribution in [-0.2, 0) is 17.6 Å². The molecular weight excluding hydrogens is 493 g/mol. The molecule has 0 amide bonds. The van der Waals surface area contributed by atoms with Crippen LogP contribution < -0.4 is 4.74 Å². The molecule has 5 rings (SSSR count). The number of aryl methyl sites for hydroxylation is 3. The summed E-state index contributed by atoms with van der Waals surface area (Å²) in [5.41, 5.74) is 4.61. The molecule has 1 heterocycles. The number of alkyl halides is 1. The van der Waals surface area contributed by atoms with E-state index in [0.717, 1.165) is 34.5 Å². The van der Waals surface area contributed by atoms with Crippen molar-refractivity contribution in [1.29, 1.82) is 0 Å². The normalized spacial score (nSPS) is 17.0. The smallest absolute Gasteiger partial charge is 0.173 e. The molecule has 0 radical (unpaired) electrons. The number of thioether (sulfide) groups is 1. The van der Waals surface area contributed by atoms with Gasteiger partial charge in [0.25, 0.3) is 0 Å². The van der Waals surface area contributed by atoms with Crippen molar-refractivity contribution in [3.05, 3.63) is 106 Å². The fraction of sp³-hybridized carbons (Fsp3) is 0.300. The van der Waals surface area contributed by atoms with Crippen LogP contribution in [0, 0.1) is 25.5 Å². The molecule has 1 aromatic heterocycles. The van der Waals surface area contributed by atoms with E-state index < -0.39 is 12.1 Å². The van der Waals surface area contributed by atoms with Crippen LogP contribution in [0.4, 0.5) is 13.2 Å². The predicted octanol–water partition coefficient (Wildman–Crippen LogP) is 7.66. The van der Waals surface area contributed by atoms with E-state index in [1.54, 1.807) is 25.3 Å². The molecule has 0 bridgehead atoms. The molecule has 3 aromatic carbocycles. The molecule has 3 nitrogen and oxygen atoms in total. The number of halogens is 3. The van der Waals surface area contributed by atoms with Gasteiger partial charge in [-0.2, -0.15) is 0 Å². The van der Waals surface area contributed by atoms with Gasteiger partial charge in [0.1, 0.15) is 24.1 Å². The van der Waals surface area contributed by atoms with Crippen molar-refractivity contribution in [1.82, 2.24) is 9.55 Å². The molecule has 0 fully saturated rings. The van der Waals surface area contributed by atoms with Crippen LogP contribution in [0.3, 0.4) is 0 Å². The van der Waals surface area contributed by atoms with Gasteiger partial charge in [-0.3, -0.25) is 4.57 Å². The highest BCUT2D eigenvalue weighted by Gasteiger charge is 2.44. The third kappa shape index (κ3) is 4.54. The number of methoxy groups -OCH3 is 1. The Hall–Kier alpha value is -3.19. The summed E-state index contributed by atoms with van der Waals surface area (Å²) in [7, 11) is 1.61. The van der Waals surface area contributed by atoms with E-state index in [-0.39, 0.29) is 11.6 Å². The minimum atomic E-state index is -0.942. The van der Waals surface area contributed by atoms with E-state index >= 15 is 4.39 Å². The van der Waals surface area contributed by atoms with E-state index in [4.69, 9.17) is 9.72 Å². The van der Waals surface area contributed by atoms with Crippen molar-refractivity contribution >= 4 is 11.8 Å². The summed E-state index contributed by atoms with van der Waals surface area (Å²) in [4.78, 5) is 4.96. The second kappa shape index (κ2) is 10.3. The number of hydrogen-bond donors (Lipinski definition) is 0. The Bertz CT molecular complexity index is 1410. The van der Waals surface area contributed by atoms with Gasteiger partial charge in [0.05, 0.1) is 23.9 Å². The lowest BCUT2D eigenvalue weighted by Crippen LogP contribution is -2.36. The summed E-state index contributed by atoms with van der Waals surface area (Å²) in [6.07, 6.45) is 2.09. The summed E-state index contributed by atoms with van der Waals surface area (Å²) in [5.74, 6) is 0.460. The second-order valence-corrected chi connectivity index (χ2v) is 10.5. The van der Waals surface area contributed by atoms with E-state index in [1.807, 2.05) is 42.7 Å². The number of nitrogens with zero attached hydrogens (tertiary/aromatic N) is 2. The van der Waals surface area contributed by atoms with Gasteiger partial charge in [0, 0.05) is 17.0 Å². The summed E-state index contributed by atoms with van der Waals surface area (Å²) >= 11 is 1.41. The summed E-state index contributed by atoms with van der Waals surface area (Å²) in [6, 6.07) is 17.0.